The van der Waals surface area contributed by atoms with Gasteiger partial charge in [-0.25, -0.2) is 9.97 Å². The summed E-state index contributed by atoms with van der Waals surface area (Å²) in [5.74, 6) is -0.0329. The molecule has 0 aliphatic rings. The first-order valence-electron chi connectivity index (χ1n) is 7.86. The van der Waals surface area contributed by atoms with Crippen molar-refractivity contribution in [3.05, 3.63) is 75.5 Å². The Morgan fingerprint density at radius 2 is 1.65 bits per heavy atom. The van der Waals surface area contributed by atoms with Crippen LogP contribution in [0.25, 0.3) is 0 Å². The number of benzene rings is 2. The van der Waals surface area contributed by atoms with E-state index < -0.39 is 0 Å². The Hall–Kier alpha value is -2.63. The Morgan fingerprint density at radius 1 is 1.00 bits per heavy atom. The highest BCUT2D eigenvalue weighted by Crippen LogP contribution is 2.24. The number of nitrogens with zero attached hydrogens (tertiary/aromatic N) is 2. The van der Waals surface area contributed by atoms with E-state index in [-0.39, 0.29) is 17.5 Å². The Bertz CT molecular complexity index is 935. The molecule has 3 rings (SSSR count). The van der Waals surface area contributed by atoms with E-state index in [1.807, 2.05) is 32.0 Å². The average molecular weight is 387 g/mol. The van der Waals surface area contributed by atoms with Crippen LogP contribution >= 0.6 is 23.2 Å². The second-order valence-electron chi connectivity index (χ2n) is 5.77. The smallest absolute Gasteiger partial charge is 0.274 e. The van der Waals surface area contributed by atoms with E-state index in [0.717, 1.165) is 16.8 Å². The van der Waals surface area contributed by atoms with E-state index in [1.165, 1.54) is 6.20 Å². The predicted molar refractivity (Wildman–Crippen MR) is 106 cm³/mol. The molecule has 2 aromatic carbocycles. The van der Waals surface area contributed by atoms with Gasteiger partial charge in [0, 0.05) is 27.6 Å². The SMILES string of the molecule is Cc1cccc(C)c1NC(=O)c1ccnc(Nc2cc(Cl)cc(Cl)c2)n1. The molecule has 0 unspecified atom stereocenters. The van der Waals surface area contributed by atoms with Gasteiger partial charge < -0.3 is 10.6 Å². The fourth-order valence-electron chi connectivity index (χ4n) is 2.49. The summed E-state index contributed by atoms with van der Waals surface area (Å²) in [6, 6.07) is 12.4. The molecule has 0 radical (unpaired) electrons. The highest BCUT2D eigenvalue weighted by atomic mass is 35.5. The number of halogens is 2. The maximum Gasteiger partial charge on any atom is 0.274 e. The molecule has 0 spiro atoms. The van der Waals surface area contributed by atoms with Gasteiger partial charge in [0.15, 0.2) is 0 Å². The van der Waals surface area contributed by atoms with Crippen LogP contribution < -0.4 is 10.6 Å². The van der Waals surface area contributed by atoms with Gasteiger partial charge in [-0.15, -0.1) is 0 Å². The van der Waals surface area contributed by atoms with Crippen molar-refractivity contribution in [2.24, 2.45) is 0 Å². The molecule has 0 fully saturated rings. The fourth-order valence-corrected chi connectivity index (χ4v) is 3.02. The Morgan fingerprint density at radius 3 is 2.31 bits per heavy atom. The van der Waals surface area contributed by atoms with Crippen LogP contribution in [0.15, 0.2) is 48.7 Å². The van der Waals surface area contributed by atoms with Gasteiger partial charge in [0.05, 0.1) is 0 Å². The van der Waals surface area contributed by atoms with Crippen molar-refractivity contribution in [2.45, 2.75) is 13.8 Å². The van der Waals surface area contributed by atoms with Crippen LogP contribution in [-0.4, -0.2) is 15.9 Å². The number of anilines is 3. The van der Waals surface area contributed by atoms with Gasteiger partial charge in [-0.05, 0) is 49.2 Å². The van der Waals surface area contributed by atoms with Crippen molar-refractivity contribution < 1.29 is 4.79 Å². The van der Waals surface area contributed by atoms with E-state index in [4.69, 9.17) is 23.2 Å². The molecule has 3 aromatic rings. The number of amides is 1. The van der Waals surface area contributed by atoms with E-state index in [9.17, 15) is 4.79 Å². The highest BCUT2D eigenvalue weighted by Gasteiger charge is 2.12. The van der Waals surface area contributed by atoms with Crippen LogP contribution in [0.3, 0.4) is 0 Å². The standard InChI is InChI=1S/C19H16Cl2N4O/c1-11-4-3-5-12(2)17(11)25-18(26)16-6-7-22-19(24-16)23-15-9-13(20)8-14(21)10-15/h3-10H,1-2H3,(H,25,26)(H,22,23,24). The second kappa shape index (κ2) is 7.72. The second-order valence-corrected chi connectivity index (χ2v) is 6.64. The lowest BCUT2D eigenvalue weighted by Crippen LogP contribution is -2.16. The number of rotatable bonds is 4. The molecular weight excluding hydrogens is 371 g/mol. The number of aryl methyl sites for hydroxylation is 2. The Balaban J connectivity index is 1.81. The minimum Gasteiger partial charge on any atom is -0.324 e. The number of hydrogen-bond acceptors (Lipinski definition) is 4. The lowest BCUT2D eigenvalue weighted by atomic mass is 10.1. The maximum absolute atomic E-state index is 12.6. The third-order valence-corrected chi connectivity index (χ3v) is 4.16. The fraction of sp³-hybridized carbons (Fsp3) is 0.105. The molecule has 0 aliphatic carbocycles. The summed E-state index contributed by atoms with van der Waals surface area (Å²) in [7, 11) is 0. The van der Waals surface area contributed by atoms with E-state index in [1.54, 1.807) is 24.3 Å². The first-order valence-corrected chi connectivity index (χ1v) is 8.62. The summed E-state index contributed by atoms with van der Waals surface area (Å²) in [6.07, 6.45) is 1.51. The molecule has 1 heterocycles. The monoisotopic (exact) mass is 386 g/mol. The van der Waals surface area contributed by atoms with Gasteiger partial charge in [0.1, 0.15) is 5.69 Å². The van der Waals surface area contributed by atoms with Gasteiger partial charge in [0.2, 0.25) is 5.95 Å². The molecule has 5 nitrogen and oxygen atoms in total. The summed E-state index contributed by atoms with van der Waals surface area (Å²) in [6.45, 7) is 3.89. The van der Waals surface area contributed by atoms with Crippen LogP contribution in [0.4, 0.5) is 17.3 Å². The molecule has 0 atom stereocenters. The number of hydrogen-bond donors (Lipinski definition) is 2. The lowest BCUT2D eigenvalue weighted by Gasteiger charge is -2.11. The van der Waals surface area contributed by atoms with Gasteiger partial charge in [0.25, 0.3) is 5.91 Å². The quantitative estimate of drug-likeness (QED) is 0.629. The number of carbonyl (C=O) groups excluding carboxylic acids is 1. The molecule has 132 valence electrons. The van der Waals surface area contributed by atoms with Crippen molar-refractivity contribution in [3.8, 4) is 0 Å². The topological polar surface area (TPSA) is 66.9 Å². The number of para-hydroxylation sites is 1. The first kappa shape index (κ1) is 18.2. The van der Waals surface area contributed by atoms with Gasteiger partial charge in [-0.3, -0.25) is 4.79 Å². The third-order valence-electron chi connectivity index (χ3n) is 3.73. The maximum atomic E-state index is 12.6. The molecular formula is C19H16Cl2N4O. The molecule has 7 heteroatoms. The molecule has 0 saturated carbocycles. The van der Waals surface area contributed by atoms with Crippen molar-refractivity contribution in [1.29, 1.82) is 0 Å². The number of carbonyl (C=O) groups is 1. The largest absolute Gasteiger partial charge is 0.324 e. The minimum atomic E-state index is -0.308. The van der Waals surface area contributed by atoms with Crippen molar-refractivity contribution in [3.63, 3.8) is 0 Å². The zero-order valence-electron chi connectivity index (χ0n) is 14.2. The van der Waals surface area contributed by atoms with Crippen LogP contribution in [0.5, 0.6) is 0 Å². The van der Waals surface area contributed by atoms with Gasteiger partial charge >= 0.3 is 0 Å². The van der Waals surface area contributed by atoms with Crippen LogP contribution in [0, 0.1) is 13.8 Å². The first-order chi connectivity index (χ1) is 12.4. The van der Waals surface area contributed by atoms with E-state index in [2.05, 4.69) is 20.6 Å². The average Bonchev–Trinajstić information content (AvgIpc) is 2.57. The molecule has 1 aromatic heterocycles. The summed E-state index contributed by atoms with van der Waals surface area (Å²) in [4.78, 5) is 21.0. The normalized spacial score (nSPS) is 10.5. The van der Waals surface area contributed by atoms with E-state index in [0.29, 0.717) is 15.7 Å². The van der Waals surface area contributed by atoms with Crippen molar-refractivity contribution in [2.75, 3.05) is 10.6 Å². The third kappa shape index (κ3) is 4.31. The zero-order valence-corrected chi connectivity index (χ0v) is 15.7. The predicted octanol–water partition coefficient (Wildman–Crippen LogP) is 5.40. The summed E-state index contributed by atoms with van der Waals surface area (Å²) in [5, 5.41) is 6.88. The van der Waals surface area contributed by atoms with Crippen molar-refractivity contribution >= 4 is 46.4 Å². The van der Waals surface area contributed by atoms with Gasteiger partial charge in [-0.2, -0.15) is 0 Å². The molecule has 0 aliphatic heterocycles. The van der Waals surface area contributed by atoms with Crippen LogP contribution in [-0.2, 0) is 0 Å². The Labute approximate surface area is 161 Å². The molecule has 2 N–H and O–H groups in total. The summed E-state index contributed by atoms with van der Waals surface area (Å²) < 4.78 is 0. The van der Waals surface area contributed by atoms with Gasteiger partial charge in [-0.1, -0.05) is 41.4 Å². The summed E-state index contributed by atoms with van der Waals surface area (Å²) in [5.41, 5.74) is 3.64. The van der Waals surface area contributed by atoms with Crippen molar-refractivity contribution in [1.82, 2.24) is 9.97 Å². The number of nitrogens with one attached hydrogen (secondary N) is 2. The van der Waals surface area contributed by atoms with Crippen LogP contribution in [0.2, 0.25) is 10.0 Å². The summed E-state index contributed by atoms with van der Waals surface area (Å²) >= 11 is 12.0. The molecule has 1 amide bonds. The minimum absolute atomic E-state index is 0.248. The molecule has 26 heavy (non-hydrogen) atoms. The van der Waals surface area contributed by atoms with E-state index >= 15 is 0 Å². The molecule has 0 saturated heterocycles. The zero-order chi connectivity index (χ0) is 18.7. The van der Waals surface area contributed by atoms with Crippen LogP contribution in [0.1, 0.15) is 21.6 Å². The number of aromatic nitrogens is 2. The lowest BCUT2D eigenvalue weighted by molar-refractivity contribution is 0.102. The highest BCUT2D eigenvalue weighted by molar-refractivity contribution is 6.35. The Kier molecular flexibility index (Phi) is 5.40. The molecule has 0 bridgehead atoms.